The van der Waals surface area contributed by atoms with Gasteiger partial charge in [0.25, 0.3) is 5.91 Å². The zero-order valence-corrected chi connectivity index (χ0v) is 14.7. The molecule has 2 aromatic rings. The highest BCUT2D eigenvalue weighted by molar-refractivity contribution is 5.93. The number of hydrogen-bond acceptors (Lipinski definition) is 5. The van der Waals surface area contributed by atoms with Crippen LogP contribution < -0.4 is 10.1 Å². The molecule has 0 spiro atoms. The molecule has 0 aliphatic carbocycles. The summed E-state index contributed by atoms with van der Waals surface area (Å²) in [4.78, 5) is 14.6. The van der Waals surface area contributed by atoms with Crippen LogP contribution in [0.5, 0.6) is 5.75 Å². The Morgan fingerprint density at radius 3 is 2.68 bits per heavy atom. The summed E-state index contributed by atoms with van der Waals surface area (Å²) < 4.78 is 12.2. The van der Waals surface area contributed by atoms with Crippen LogP contribution in [0.4, 0.5) is 0 Å². The van der Waals surface area contributed by atoms with E-state index in [0.717, 1.165) is 49.9 Å². The van der Waals surface area contributed by atoms with Gasteiger partial charge in [0, 0.05) is 38.8 Å². The third kappa shape index (κ3) is 4.37. The molecular weight excluding hydrogens is 320 g/mol. The smallest absolute Gasteiger partial charge is 0.271 e. The normalized spacial score (nSPS) is 15.1. The molecule has 1 saturated heterocycles. The van der Waals surface area contributed by atoms with Crippen LogP contribution in [0.3, 0.4) is 0 Å². The number of morpholine rings is 1. The average Bonchev–Trinajstić information content (AvgIpc) is 3.04. The molecule has 0 saturated carbocycles. The predicted molar refractivity (Wildman–Crippen MR) is 94.8 cm³/mol. The van der Waals surface area contributed by atoms with Gasteiger partial charge in [-0.3, -0.25) is 14.4 Å². The second-order valence-electron chi connectivity index (χ2n) is 5.98. The van der Waals surface area contributed by atoms with Gasteiger partial charge in [0.2, 0.25) is 0 Å². The summed E-state index contributed by atoms with van der Waals surface area (Å²) in [6.45, 7) is 4.79. The van der Waals surface area contributed by atoms with Crippen molar-refractivity contribution >= 4 is 5.91 Å². The zero-order valence-electron chi connectivity index (χ0n) is 14.7. The second kappa shape index (κ2) is 8.13. The highest BCUT2D eigenvalue weighted by Gasteiger charge is 2.15. The first-order chi connectivity index (χ1) is 12.2. The van der Waals surface area contributed by atoms with E-state index >= 15 is 0 Å². The zero-order chi connectivity index (χ0) is 17.6. The molecule has 1 aliphatic rings. The van der Waals surface area contributed by atoms with Crippen LogP contribution in [0.15, 0.2) is 30.3 Å². The minimum atomic E-state index is -0.149. The quantitative estimate of drug-likeness (QED) is 0.852. The Balaban J connectivity index is 1.59. The van der Waals surface area contributed by atoms with Gasteiger partial charge in [-0.1, -0.05) is 0 Å². The number of methoxy groups -OCH3 is 1. The number of ether oxygens (including phenoxy) is 2. The third-order valence-electron chi connectivity index (χ3n) is 4.32. The molecule has 1 aromatic carbocycles. The van der Waals surface area contributed by atoms with E-state index in [4.69, 9.17) is 9.47 Å². The Morgan fingerprint density at radius 2 is 2.00 bits per heavy atom. The molecule has 1 amide bonds. The number of benzene rings is 1. The monoisotopic (exact) mass is 344 g/mol. The van der Waals surface area contributed by atoms with Gasteiger partial charge >= 0.3 is 0 Å². The van der Waals surface area contributed by atoms with Crippen molar-refractivity contribution in [1.82, 2.24) is 20.0 Å². The van der Waals surface area contributed by atoms with Crippen molar-refractivity contribution in [2.24, 2.45) is 7.05 Å². The molecule has 1 N–H and O–H groups in total. The molecule has 1 fully saturated rings. The van der Waals surface area contributed by atoms with Crippen LogP contribution in [0.1, 0.15) is 10.5 Å². The molecule has 2 heterocycles. The fourth-order valence-corrected chi connectivity index (χ4v) is 2.85. The molecule has 0 atom stereocenters. The molecule has 3 rings (SSSR count). The Morgan fingerprint density at radius 1 is 1.28 bits per heavy atom. The largest absolute Gasteiger partial charge is 0.497 e. The number of amides is 1. The summed E-state index contributed by atoms with van der Waals surface area (Å²) in [5.41, 5.74) is 2.31. The van der Waals surface area contributed by atoms with Crippen LogP contribution in [-0.4, -0.2) is 67.1 Å². The fourth-order valence-electron chi connectivity index (χ4n) is 2.85. The summed E-state index contributed by atoms with van der Waals surface area (Å²) in [6.07, 6.45) is 0. The van der Waals surface area contributed by atoms with Crippen LogP contribution in [-0.2, 0) is 11.8 Å². The van der Waals surface area contributed by atoms with Gasteiger partial charge in [-0.05, 0) is 30.3 Å². The summed E-state index contributed by atoms with van der Waals surface area (Å²) >= 11 is 0. The van der Waals surface area contributed by atoms with E-state index in [-0.39, 0.29) is 5.91 Å². The third-order valence-corrected chi connectivity index (χ3v) is 4.32. The molecule has 0 bridgehead atoms. The second-order valence-corrected chi connectivity index (χ2v) is 5.98. The SMILES string of the molecule is COc1ccc(-c2cc(C(=O)NCCN3CCOCC3)nn2C)cc1. The molecule has 1 aromatic heterocycles. The number of nitrogens with one attached hydrogen (secondary N) is 1. The van der Waals surface area contributed by atoms with Gasteiger partial charge < -0.3 is 14.8 Å². The first kappa shape index (κ1) is 17.4. The number of carbonyl (C=O) groups excluding carboxylic acids is 1. The van der Waals surface area contributed by atoms with Gasteiger partial charge in [-0.25, -0.2) is 0 Å². The Bertz CT molecular complexity index is 706. The van der Waals surface area contributed by atoms with Crippen molar-refractivity contribution in [1.29, 1.82) is 0 Å². The lowest BCUT2D eigenvalue weighted by atomic mass is 10.1. The first-order valence-electron chi connectivity index (χ1n) is 8.44. The molecular formula is C18H24N4O3. The molecule has 134 valence electrons. The lowest BCUT2D eigenvalue weighted by molar-refractivity contribution is 0.0383. The number of hydrogen-bond donors (Lipinski definition) is 1. The topological polar surface area (TPSA) is 68.6 Å². The van der Waals surface area contributed by atoms with Crippen molar-refractivity contribution in [3.05, 3.63) is 36.0 Å². The number of aryl methyl sites for hydroxylation is 1. The molecule has 0 unspecified atom stereocenters. The van der Waals surface area contributed by atoms with Crippen molar-refractivity contribution in [2.45, 2.75) is 0 Å². The summed E-state index contributed by atoms with van der Waals surface area (Å²) in [5.74, 6) is 0.649. The minimum absolute atomic E-state index is 0.149. The van der Waals surface area contributed by atoms with E-state index in [1.807, 2.05) is 37.4 Å². The molecule has 7 heteroatoms. The Hall–Kier alpha value is -2.38. The maximum atomic E-state index is 12.3. The highest BCUT2D eigenvalue weighted by atomic mass is 16.5. The average molecular weight is 344 g/mol. The standard InChI is InChI=1S/C18H24N4O3/c1-21-17(14-3-5-15(24-2)6-4-14)13-16(20-21)18(23)19-7-8-22-9-11-25-12-10-22/h3-6,13H,7-12H2,1-2H3,(H,19,23). The van der Waals surface area contributed by atoms with Crippen molar-refractivity contribution < 1.29 is 14.3 Å². The van der Waals surface area contributed by atoms with Gasteiger partial charge in [0.1, 0.15) is 5.75 Å². The van der Waals surface area contributed by atoms with Crippen molar-refractivity contribution in [3.8, 4) is 17.0 Å². The van der Waals surface area contributed by atoms with Crippen LogP contribution >= 0.6 is 0 Å². The lowest BCUT2D eigenvalue weighted by Gasteiger charge is -2.26. The first-order valence-corrected chi connectivity index (χ1v) is 8.44. The van der Waals surface area contributed by atoms with E-state index in [1.54, 1.807) is 11.8 Å². The number of rotatable bonds is 6. The number of aromatic nitrogens is 2. The highest BCUT2D eigenvalue weighted by Crippen LogP contribution is 2.22. The number of carbonyl (C=O) groups is 1. The van der Waals surface area contributed by atoms with Gasteiger partial charge in [0.15, 0.2) is 5.69 Å². The van der Waals surface area contributed by atoms with E-state index in [9.17, 15) is 4.79 Å². The van der Waals surface area contributed by atoms with Gasteiger partial charge in [-0.15, -0.1) is 0 Å². The van der Waals surface area contributed by atoms with Crippen LogP contribution in [0.25, 0.3) is 11.3 Å². The molecule has 0 radical (unpaired) electrons. The van der Waals surface area contributed by atoms with Gasteiger partial charge in [-0.2, -0.15) is 5.10 Å². The summed E-state index contributed by atoms with van der Waals surface area (Å²) in [7, 11) is 3.47. The number of nitrogens with zero attached hydrogens (tertiary/aromatic N) is 3. The van der Waals surface area contributed by atoms with E-state index < -0.39 is 0 Å². The van der Waals surface area contributed by atoms with Gasteiger partial charge in [0.05, 0.1) is 26.0 Å². The van der Waals surface area contributed by atoms with E-state index in [0.29, 0.717) is 12.2 Å². The minimum Gasteiger partial charge on any atom is -0.497 e. The molecule has 1 aliphatic heterocycles. The predicted octanol–water partition coefficient (Wildman–Crippen LogP) is 1.16. The lowest BCUT2D eigenvalue weighted by Crippen LogP contribution is -2.41. The van der Waals surface area contributed by atoms with E-state index in [1.165, 1.54) is 0 Å². The molecule has 25 heavy (non-hydrogen) atoms. The van der Waals surface area contributed by atoms with Crippen LogP contribution in [0.2, 0.25) is 0 Å². The Kier molecular flexibility index (Phi) is 5.67. The maximum absolute atomic E-state index is 12.3. The summed E-state index contributed by atoms with van der Waals surface area (Å²) in [5, 5.41) is 7.27. The van der Waals surface area contributed by atoms with Crippen molar-refractivity contribution in [3.63, 3.8) is 0 Å². The fraction of sp³-hybridized carbons (Fsp3) is 0.444. The maximum Gasteiger partial charge on any atom is 0.271 e. The molecule has 7 nitrogen and oxygen atoms in total. The Labute approximate surface area is 147 Å². The summed E-state index contributed by atoms with van der Waals surface area (Å²) in [6, 6.07) is 9.51. The van der Waals surface area contributed by atoms with E-state index in [2.05, 4.69) is 15.3 Å². The van der Waals surface area contributed by atoms with Crippen LogP contribution in [0, 0.1) is 0 Å². The van der Waals surface area contributed by atoms with Crippen molar-refractivity contribution in [2.75, 3.05) is 46.5 Å².